The Kier molecular flexibility index (Phi) is 13.9. The number of benzene rings is 6. The highest BCUT2D eigenvalue weighted by Gasteiger charge is 2.21. The van der Waals surface area contributed by atoms with Crippen LogP contribution >= 0.6 is 12.4 Å². The minimum atomic E-state index is -1.12. The lowest BCUT2D eigenvalue weighted by molar-refractivity contribution is 0.0695. The van der Waals surface area contributed by atoms with Crippen LogP contribution in [0.1, 0.15) is 82.1 Å². The average Bonchev–Trinajstić information content (AvgIpc) is 3.52. The molecule has 1 amide bonds. The summed E-state index contributed by atoms with van der Waals surface area (Å²) in [7, 11) is 0. The molecule has 0 fully saturated rings. The number of carboxylic acid groups (broad SMARTS) is 2. The summed E-state index contributed by atoms with van der Waals surface area (Å²) in [5.41, 5.74) is 9.30. The molecule has 306 valence electrons. The summed E-state index contributed by atoms with van der Waals surface area (Å²) in [4.78, 5) is 51.4. The normalized spacial score (nSPS) is 12.5. The minimum absolute atomic E-state index is 0. The monoisotopic (exact) mass is 829 g/mol. The van der Waals surface area contributed by atoms with Crippen molar-refractivity contribution in [2.45, 2.75) is 39.5 Å². The Morgan fingerprint density at radius 1 is 0.656 bits per heavy atom. The SMILES string of the molecule is C1=CNc2ccccc2C=N1.Cc1ccc(C(=O)O)cc1C(=O)O.Cc1ccccc1C(=O)Nc1ccc(C(=O)C2=c3ccc4c(c3CCC2)CC=c2ccccc2=4)cc1.Cl. The molecule has 3 aliphatic rings. The molecule has 0 spiro atoms. The standard InChI is InChI=1S/C33H27NO2.C9H8N2.C9H8O4.ClH/c1-21-7-2-4-9-25(21)33(36)34-24-16-13-23(14-17-24)32(35)31-12-6-11-27-29-18-15-22-8-3-5-10-26(22)28(29)19-20-30(27)31;1-2-4-9-8(3-1)7-10-5-6-11-9;1-5-2-3-6(8(10)11)4-7(5)9(12)13;/h2-5,7-10,13-17,19-20H,6,11-12,18H2,1H3,(H,34,36);1-7,11H;2-4H,1H3,(H,10,11)(H,12,13);1H. The first-order valence-electron chi connectivity index (χ1n) is 19.7. The Bertz CT molecular complexity index is 2960. The third-order valence-electron chi connectivity index (χ3n) is 10.7. The van der Waals surface area contributed by atoms with E-state index >= 15 is 0 Å². The summed E-state index contributed by atoms with van der Waals surface area (Å²) in [6.07, 6.45) is 11.4. The van der Waals surface area contributed by atoms with Gasteiger partial charge in [0.25, 0.3) is 5.91 Å². The smallest absolute Gasteiger partial charge is 0.335 e. The summed E-state index contributed by atoms with van der Waals surface area (Å²) in [5.74, 6) is -2.30. The molecule has 1 aliphatic heterocycles. The molecular formula is C51H44ClN3O6. The van der Waals surface area contributed by atoms with E-state index in [9.17, 15) is 19.2 Å². The topological polar surface area (TPSA) is 145 Å². The fourth-order valence-electron chi connectivity index (χ4n) is 7.62. The zero-order valence-corrected chi connectivity index (χ0v) is 34.5. The molecule has 9 nitrogen and oxygen atoms in total. The summed E-state index contributed by atoms with van der Waals surface area (Å²) in [6, 6.07) is 39.7. The second kappa shape index (κ2) is 19.6. The van der Waals surface area contributed by atoms with Gasteiger partial charge in [-0.15, -0.1) is 12.4 Å². The number of rotatable bonds is 6. The molecule has 10 heteroatoms. The van der Waals surface area contributed by atoms with Gasteiger partial charge in [0, 0.05) is 52.3 Å². The lowest BCUT2D eigenvalue weighted by Crippen LogP contribution is -2.25. The van der Waals surface area contributed by atoms with Gasteiger partial charge in [-0.05, 0) is 131 Å². The first-order chi connectivity index (χ1) is 29.1. The van der Waals surface area contributed by atoms with Crippen LogP contribution in [-0.2, 0) is 12.8 Å². The van der Waals surface area contributed by atoms with Crippen LogP contribution in [0.25, 0.3) is 11.6 Å². The largest absolute Gasteiger partial charge is 0.478 e. The Balaban J connectivity index is 0.000000203. The molecule has 6 aromatic rings. The Morgan fingerprint density at radius 2 is 1.34 bits per heavy atom. The number of anilines is 2. The number of nitrogens with zero attached hydrogens (tertiary/aromatic N) is 1. The fourth-order valence-corrected chi connectivity index (χ4v) is 7.62. The van der Waals surface area contributed by atoms with Gasteiger partial charge in [0.15, 0.2) is 5.78 Å². The minimum Gasteiger partial charge on any atom is -0.478 e. The molecule has 1 heterocycles. The zero-order valence-electron chi connectivity index (χ0n) is 33.6. The maximum Gasteiger partial charge on any atom is 0.335 e. The van der Waals surface area contributed by atoms with Crippen molar-refractivity contribution in [1.82, 2.24) is 0 Å². The maximum atomic E-state index is 13.6. The number of ketones is 1. The number of halogens is 1. The molecular weight excluding hydrogens is 786 g/mol. The van der Waals surface area contributed by atoms with Gasteiger partial charge in [0.2, 0.25) is 0 Å². The summed E-state index contributed by atoms with van der Waals surface area (Å²) in [6.45, 7) is 3.54. The number of nitrogens with one attached hydrogen (secondary N) is 2. The molecule has 2 aliphatic carbocycles. The summed E-state index contributed by atoms with van der Waals surface area (Å²) < 4.78 is 0. The Hall–Kier alpha value is -7.36. The molecule has 0 atom stereocenters. The van der Waals surface area contributed by atoms with Crippen LogP contribution < -0.4 is 21.1 Å². The number of carboxylic acids is 2. The average molecular weight is 830 g/mol. The second-order valence-electron chi connectivity index (χ2n) is 14.6. The van der Waals surface area contributed by atoms with Crippen LogP contribution in [0, 0.1) is 24.3 Å². The number of fused-ring (bicyclic) bond motifs is 5. The predicted octanol–water partition coefficient (Wildman–Crippen LogP) is 9.06. The number of hydrogen-bond acceptors (Lipinski definition) is 6. The van der Waals surface area contributed by atoms with Crippen molar-refractivity contribution in [3.63, 3.8) is 0 Å². The van der Waals surface area contributed by atoms with E-state index in [1.807, 2.05) is 92.1 Å². The molecule has 0 saturated carbocycles. The Morgan fingerprint density at radius 3 is 2.11 bits per heavy atom. The second-order valence-corrected chi connectivity index (χ2v) is 14.6. The highest BCUT2D eigenvalue weighted by atomic mass is 35.5. The fraction of sp³-hybridized carbons (Fsp3) is 0.118. The van der Waals surface area contributed by atoms with Gasteiger partial charge in [-0.25, -0.2) is 9.59 Å². The van der Waals surface area contributed by atoms with Crippen molar-refractivity contribution in [2.24, 2.45) is 4.99 Å². The van der Waals surface area contributed by atoms with Crippen molar-refractivity contribution < 1.29 is 29.4 Å². The maximum absolute atomic E-state index is 13.6. The molecule has 61 heavy (non-hydrogen) atoms. The number of aryl methyl sites for hydroxylation is 2. The number of Topliss-reactive ketones (excluding diaryl/α,β-unsaturated/α-hetero) is 1. The van der Waals surface area contributed by atoms with E-state index < -0.39 is 11.9 Å². The first-order valence-corrected chi connectivity index (χ1v) is 19.7. The van der Waals surface area contributed by atoms with E-state index in [2.05, 4.69) is 58.1 Å². The number of aromatic carboxylic acids is 2. The van der Waals surface area contributed by atoms with E-state index in [1.54, 1.807) is 13.1 Å². The molecule has 4 N–H and O–H groups in total. The molecule has 0 bridgehead atoms. The van der Waals surface area contributed by atoms with Crippen molar-refractivity contribution in [1.29, 1.82) is 0 Å². The molecule has 0 saturated heterocycles. The van der Waals surface area contributed by atoms with E-state index in [-0.39, 0.29) is 35.2 Å². The van der Waals surface area contributed by atoms with Gasteiger partial charge in [0.05, 0.1) is 11.1 Å². The lowest BCUT2D eigenvalue weighted by atomic mass is 9.84. The summed E-state index contributed by atoms with van der Waals surface area (Å²) >= 11 is 0. The van der Waals surface area contributed by atoms with Gasteiger partial charge >= 0.3 is 11.9 Å². The molecule has 9 rings (SSSR count). The highest BCUT2D eigenvalue weighted by molar-refractivity contribution is 6.24. The van der Waals surface area contributed by atoms with Gasteiger partial charge < -0.3 is 20.8 Å². The van der Waals surface area contributed by atoms with E-state index in [0.29, 0.717) is 22.4 Å². The van der Waals surface area contributed by atoms with Crippen LogP contribution in [0.3, 0.4) is 0 Å². The quantitative estimate of drug-likeness (QED) is 0.123. The van der Waals surface area contributed by atoms with Crippen LogP contribution in [-0.4, -0.2) is 40.1 Å². The van der Waals surface area contributed by atoms with E-state index in [0.717, 1.165) is 59.4 Å². The van der Waals surface area contributed by atoms with Crippen molar-refractivity contribution >= 4 is 65.3 Å². The van der Waals surface area contributed by atoms with Gasteiger partial charge in [0.1, 0.15) is 0 Å². The Labute approximate surface area is 359 Å². The van der Waals surface area contributed by atoms with Crippen LogP contribution in [0.4, 0.5) is 11.4 Å². The van der Waals surface area contributed by atoms with Gasteiger partial charge in [-0.1, -0.05) is 84.9 Å². The predicted molar refractivity (Wildman–Crippen MR) is 243 cm³/mol. The third kappa shape index (κ3) is 9.92. The zero-order chi connectivity index (χ0) is 42.2. The van der Waals surface area contributed by atoms with Crippen molar-refractivity contribution in [2.75, 3.05) is 10.6 Å². The molecule has 0 aromatic heterocycles. The number of hydrogen-bond donors (Lipinski definition) is 4. The highest BCUT2D eigenvalue weighted by Crippen LogP contribution is 2.25. The van der Waals surface area contributed by atoms with Gasteiger partial charge in [-0.2, -0.15) is 0 Å². The van der Waals surface area contributed by atoms with Crippen LogP contribution in [0.5, 0.6) is 0 Å². The first kappa shape index (κ1) is 43.2. The van der Waals surface area contributed by atoms with Crippen molar-refractivity contribution in [3.05, 3.63) is 211 Å². The van der Waals surface area contributed by atoms with Crippen LogP contribution in [0.2, 0.25) is 0 Å². The third-order valence-corrected chi connectivity index (χ3v) is 10.7. The van der Waals surface area contributed by atoms with Gasteiger partial charge in [-0.3, -0.25) is 14.6 Å². The molecule has 0 unspecified atom stereocenters. The summed E-state index contributed by atoms with van der Waals surface area (Å²) in [5, 5.41) is 28.3. The van der Waals surface area contributed by atoms with E-state index in [4.69, 9.17) is 10.2 Å². The molecule has 0 radical (unpaired) electrons. The van der Waals surface area contributed by atoms with E-state index in [1.165, 1.54) is 38.9 Å². The number of aliphatic imine (C=N–C) groups is 1. The number of para-hydroxylation sites is 1. The lowest BCUT2D eigenvalue weighted by Gasteiger charge is -2.20. The van der Waals surface area contributed by atoms with Crippen LogP contribution in [0.15, 0.2) is 145 Å². The number of amides is 1. The number of carbonyl (C=O) groups is 4. The van der Waals surface area contributed by atoms with Crippen molar-refractivity contribution in [3.8, 4) is 0 Å². The number of carbonyl (C=O) groups excluding carboxylic acids is 2. The molecule has 6 aromatic carbocycles.